The second-order valence-electron chi connectivity index (χ2n) is 8.49. The third-order valence-corrected chi connectivity index (χ3v) is 8.35. The predicted octanol–water partition coefficient (Wildman–Crippen LogP) is 8.77. The number of oxime groups is 1. The van der Waals surface area contributed by atoms with Gasteiger partial charge < -0.3 is 4.84 Å². The normalized spacial score (nSPS) is 11.2. The summed E-state index contributed by atoms with van der Waals surface area (Å²) in [6, 6.07) is 29.3. The molecular formula is C31H23BrClNO4S2. The Morgan fingerprint density at radius 1 is 0.750 bits per heavy atom. The van der Waals surface area contributed by atoms with Gasteiger partial charge in [-0.25, -0.2) is 4.79 Å². The number of carbonyl (C=O) groups is 3. The smallest absolute Gasteiger partial charge is 0.318 e. The lowest BCUT2D eigenvalue weighted by atomic mass is 10.0. The van der Waals surface area contributed by atoms with Crippen LogP contribution in [0.3, 0.4) is 0 Å². The summed E-state index contributed by atoms with van der Waals surface area (Å²) in [6.07, 6.45) is 0.321. The van der Waals surface area contributed by atoms with Crippen LogP contribution >= 0.6 is 51.1 Å². The maximum atomic E-state index is 13.2. The lowest BCUT2D eigenvalue weighted by Crippen LogP contribution is -2.16. The molecule has 5 nitrogen and oxygen atoms in total. The molecule has 0 radical (unpaired) electrons. The van der Waals surface area contributed by atoms with E-state index in [9.17, 15) is 14.4 Å². The van der Waals surface area contributed by atoms with Crippen molar-refractivity contribution in [1.29, 1.82) is 0 Å². The minimum Gasteiger partial charge on any atom is -0.318 e. The van der Waals surface area contributed by atoms with Gasteiger partial charge in [0.05, 0.1) is 0 Å². The van der Waals surface area contributed by atoms with Gasteiger partial charge in [0, 0.05) is 60.0 Å². The summed E-state index contributed by atoms with van der Waals surface area (Å²) in [7, 11) is 0. The predicted molar refractivity (Wildman–Crippen MR) is 165 cm³/mol. The van der Waals surface area contributed by atoms with Gasteiger partial charge in [0.2, 0.25) is 5.78 Å². The second kappa shape index (κ2) is 14.5. The van der Waals surface area contributed by atoms with Crippen LogP contribution in [0.4, 0.5) is 0 Å². The van der Waals surface area contributed by atoms with Gasteiger partial charge >= 0.3 is 5.97 Å². The zero-order valence-corrected chi connectivity index (χ0v) is 25.3. The Balaban J connectivity index is 1.38. The Kier molecular flexibility index (Phi) is 10.8. The molecule has 4 aromatic rings. The Morgan fingerprint density at radius 2 is 1.25 bits per heavy atom. The van der Waals surface area contributed by atoms with Crippen molar-refractivity contribution >= 4 is 74.3 Å². The second-order valence-corrected chi connectivity index (χ2v) is 12.2. The van der Waals surface area contributed by atoms with Gasteiger partial charge in [0.1, 0.15) is 5.71 Å². The Morgan fingerprint density at radius 3 is 1.80 bits per heavy atom. The van der Waals surface area contributed by atoms with Crippen molar-refractivity contribution in [1.82, 2.24) is 0 Å². The van der Waals surface area contributed by atoms with E-state index in [1.807, 2.05) is 60.7 Å². The monoisotopic (exact) mass is 651 g/mol. The fourth-order valence-electron chi connectivity index (χ4n) is 3.54. The van der Waals surface area contributed by atoms with E-state index >= 15 is 0 Å². The molecule has 4 rings (SSSR count). The summed E-state index contributed by atoms with van der Waals surface area (Å²) in [6.45, 7) is 1.24. The molecule has 9 heteroatoms. The summed E-state index contributed by atoms with van der Waals surface area (Å²) in [5, 5.41) is 4.49. The summed E-state index contributed by atoms with van der Waals surface area (Å²) in [5.74, 6) is -0.358. The first-order valence-corrected chi connectivity index (χ1v) is 15.1. The average Bonchev–Trinajstić information content (AvgIpc) is 2.96. The highest BCUT2D eigenvalue weighted by atomic mass is 79.9. The maximum absolute atomic E-state index is 13.2. The molecule has 0 saturated heterocycles. The molecule has 0 amide bonds. The Labute approximate surface area is 254 Å². The Hall–Kier alpha value is -3.17. The van der Waals surface area contributed by atoms with E-state index in [0.29, 0.717) is 33.9 Å². The van der Waals surface area contributed by atoms with Crippen LogP contribution in [0, 0.1) is 0 Å². The number of hydrogen-bond acceptors (Lipinski definition) is 7. The number of rotatable bonds is 11. The summed E-state index contributed by atoms with van der Waals surface area (Å²) < 4.78 is 0.921. The lowest BCUT2D eigenvalue weighted by Gasteiger charge is -2.08. The molecule has 0 aliphatic carbocycles. The first-order valence-electron chi connectivity index (χ1n) is 12.1. The highest BCUT2D eigenvalue weighted by molar-refractivity contribution is 9.10. The van der Waals surface area contributed by atoms with E-state index in [2.05, 4.69) is 21.1 Å². The first-order chi connectivity index (χ1) is 19.3. The van der Waals surface area contributed by atoms with Gasteiger partial charge in [-0.2, -0.15) is 0 Å². The maximum Gasteiger partial charge on any atom is 0.331 e. The number of nitrogens with zero attached hydrogens (tertiary/aromatic N) is 1. The van der Waals surface area contributed by atoms with Crippen molar-refractivity contribution in [3.8, 4) is 0 Å². The van der Waals surface area contributed by atoms with Crippen LogP contribution in [0.15, 0.2) is 121 Å². The Bertz CT molecular complexity index is 1520. The van der Waals surface area contributed by atoms with Crippen molar-refractivity contribution in [2.24, 2.45) is 5.16 Å². The molecule has 0 saturated carbocycles. The zero-order chi connectivity index (χ0) is 28.5. The molecule has 0 aromatic heterocycles. The van der Waals surface area contributed by atoms with E-state index in [0.717, 1.165) is 19.2 Å². The van der Waals surface area contributed by atoms with E-state index in [-0.39, 0.29) is 17.3 Å². The molecule has 4 aromatic carbocycles. The van der Waals surface area contributed by atoms with Crippen LogP contribution in [-0.2, 0) is 9.63 Å². The van der Waals surface area contributed by atoms with Crippen molar-refractivity contribution in [3.63, 3.8) is 0 Å². The van der Waals surface area contributed by atoms with E-state index in [1.54, 1.807) is 48.2 Å². The standard InChI is InChI=1S/C31H23BrClNO4S2/c1-20(35)38-34-29(18-19-39-26-16-10-25(33)11-17-26)31(37)23-6-14-28(15-7-23)40-27-12-4-22(5-13-27)30(36)21-2-8-24(32)9-3-21/h2-17H,18-19H2,1H3. The van der Waals surface area contributed by atoms with Crippen LogP contribution in [0.1, 0.15) is 39.6 Å². The zero-order valence-electron chi connectivity index (χ0n) is 21.3. The molecule has 0 fully saturated rings. The molecule has 0 heterocycles. The van der Waals surface area contributed by atoms with Crippen LogP contribution in [0.5, 0.6) is 0 Å². The molecule has 0 N–H and O–H groups in total. The quantitative estimate of drug-likeness (QED) is 0.0530. The van der Waals surface area contributed by atoms with Crippen LogP contribution in [-0.4, -0.2) is 29.0 Å². The highest BCUT2D eigenvalue weighted by Gasteiger charge is 2.16. The number of benzene rings is 4. The van der Waals surface area contributed by atoms with Crippen molar-refractivity contribution in [3.05, 3.63) is 123 Å². The van der Waals surface area contributed by atoms with Crippen molar-refractivity contribution < 1.29 is 19.2 Å². The summed E-state index contributed by atoms with van der Waals surface area (Å²) in [4.78, 5) is 44.9. The molecular weight excluding hydrogens is 630 g/mol. The molecule has 0 unspecified atom stereocenters. The minimum absolute atomic E-state index is 0.0373. The lowest BCUT2D eigenvalue weighted by molar-refractivity contribution is -0.140. The third-order valence-electron chi connectivity index (χ3n) is 5.54. The fourth-order valence-corrected chi connectivity index (χ4v) is 5.60. The van der Waals surface area contributed by atoms with Crippen LogP contribution in [0.2, 0.25) is 5.02 Å². The number of hydrogen-bond donors (Lipinski definition) is 0. The van der Waals surface area contributed by atoms with Crippen molar-refractivity contribution in [2.75, 3.05) is 5.75 Å². The largest absolute Gasteiger partial charge is 0.331 e. The summed E-state index contributed by atoms with van der Waals surface area (Å²) >= 11 is 12.4. The first kappa shape index (κ1) is 29.8. The van der Waals surface area contributed by atoms with E-state index in [1.165, 1.54) is 18.7 Å². The van der Waals surface area contributed by atoms with Gasteiger partial charge in [0.25, 0.3) is 0 Å². The van der Waals surface area contributed by atoms with E-state index < -0.39 is 5.97 Å². The molecule has 0 bridgehead atoms. The number of thioether (sulfide) groups is 1. The molecule has 0 atom stereocenters. The molecule has 0 spiro atoms. The number of Topliss-reactive ketones (excluding diaryl/α,β-unsaturated/α-hetero) is 1. The third kappa shape index (κ3) is 8.66. The average molecular weight is 653 g/mol. The topological polar surface area (TPSA) is 72.8 Å². The molecule has 40 heavy (non-hydrogen) atoms. The SMILES string of the molecule is CC(=O)ON=C(CCSc1ccc(Cl)cc1)C(=O)c1ccc(Sc2ccc(C(=O)c3ccc(Br)cc3)cc2)cc1. The molecule has 0 aliphatic heterocycles. The van der Waals surface area contributed by atoms with Gasteiger partial charge in [-0.1, -0.05) is 44.4 Å². The van der Waals surface area contributed by atoms with Gasteiger partial charge in [-0.05, 0) is 97.1 Å². The minimum atomic E-state index is -0.591. The van der Waals surface area contributed by atoms with Crippen LogP contribution < -0.4 is 0 Å². The number of halogens is 2. The van der Waals surface area contributed by atoms with Gasteiger partial charge in [-0.15, -0.1) is 11.8 Å². The number of ketones is 2. The van der Waals surface area contributed by atoms with Gasteiger partial charge in [-0.3, -0.25) is 9.59 Å². The number of carbonyl (C=O) groups excluding carboxylic acids is 3. The van der Waals surface area contributed by atoms with Crippen molar-refractivity contribution in [2.45, 2.75) is 28.0 Å². The van der Waals surface area contributed by atoms with Crippen LogP contribution in [0.25, 0.3) is 0 Å². The summed E-state index contributed by atoms with van der Waals surface area (Å²) in [5.41, 5.74) is 1.86. The molecule has 202 valence electrons. The fraction of sp³-hybridized carbons (Fsp3) is 0.0968. The van der Waals surface area contributed by atoms with Gasteiger partial charge in [0.15, 0.2) is 5.78 Å². The highest BCUT2D eigenvalue weighted by Crippen LogP contribution is 2.29. The van der Waals surface area contributed by atoms with E-state index in [4.69, 9.17) is 16.4 Å². The molecule has 0 aliphatic rings.